The molecule has 0 aliphatic heterocycles. The van der Waals surface area contributed by atoms with Gasteiger partial charge < -0.3 is 10.1 Å². The second kappa shape index (κ2) is 10.4. The van der Waals surface area contributed by atoms with E-state index < -0.39 is 15.8 Å². The number of amides is 1. The fourth-order valence-electron chi connectivity index (χ4n) is 2.09. The number of rotatable bonds is 10. The SMILES string of the molecule is O=C(CCNS(=O)(=O)/C=C/c1ccccc1)NCCOc1cccc(F)c1. The normalized spacial score (nSPS) is 11.4. The lowest BCUT2D eigenvalue weighted by atomic mass is 10.2. The van der Waals surface area contributed by atoms with E-state index in [1.54, 1.807) is 18.2 Å². The smallest absolute Gasteiger partial charge is 0.233 e. The summed E-state index contributed by atoms with van der Waals surface area (Å²) in [6.07, 6.45) is 1.48. The van der Waals surface area contributed by atoms with Crippen molar-refractivity contribution in [1.29, 1.82) is 0 Å². The molecule has 0 aliphatic rings. The number of hydrogen-bond donors (Lipinski definition) is 2. The Balaban J connectivity index is 1.63. The molecule has 0 aliphatic carbocycles. The van der Waals surface area contributed by atoms with Gasteiger partial charge in [0.2, 0.25) is 15.9 Å². The van der Waals surface area contributed by atoms with E-state index in [2.05, 4.69) is 10.0 Å². The molecule has 0 aromatic heterocycles. The number of ether oxygens (including phenoxy) is 1. The third-order valence-corrected chi connectivity index (χ3v) is 4.48. The first-order valence-electron chi connectivity index (χ1n) is 8.32. The summed E-state index contributed by atoms with van der Waals surface area (Å²) in [5, 5.41) is 3.66. The van der Waals surface area contributed by atoms with Gasteiger partial charge >= 0.3 is 0 Å². The Kier molecular flexibility index (Phi) is 7.97. The summed E-state index contributed by atoms with van der Waals surface area (Å²) < 4.78 is 44.3. The first-order valence-corrected chi connectivity index (χ1v) is 9.87. The van der Waals surface area contributed by atoms with Gasteiger partial charge in [-0.25, -0.2) is 17.5 Å². The lowest BCUT2D eigenvalue weighted by Gasteiger charge is -2.08. The molecule has 0 heterocycles. The number of hydrogen-bond acceptors (Lipinski definition) is 4. The molecule has 0 saturated carbocycles. The van der Waals surface area contributed by atoms with Crippen molar-refractivity contribution in [3.8, 4) is 5.75 Å². The van der Waals surface area contributed by atoms with Crippen LogP contribution in [0.2, 0.25) is 0 Å². The van der Waals surface area contributed by atoms with Crippen molar-refractivity contribution >= 4 is 22.0 Å². The van der Waals surface area contributed by atoms with E-state index in [0.29, 0.717) is 5.75 Å². The van der Waals surface area contributed by atoms with Crippen LogP contribution in [0.25, 0.3) is 6.08 Å². The number of carbonyl (C=O) groups excluding carboxylic acids is 1. The number of benzene rings is 2. The van der Waals surface area contributed by atoms with Crippen molar-refractivity contribution in [2.24, 2.45) is 0 Å². The summed E-state index contributed by atoms with van der Waals surface area (Å²) in [5.41, 5.74) is 0.763. The van der Waals surface area contributed by atoms with Gasteiger partial charge in [0, 0.05) is 24.4 Å². The zero-order valence-corrected chi connectivity index (χ0v) is 15.4. The topological polar surface area (TPSA) is 84.5 Å². The van der Waals surface area contributed by atoms with Gasteiger partial charge in [-0.05, 0) is 23.8 Å². The predicted molar refractivity (Wildman–Crippen MR) is 102 cm³/mol. The number of carbonyl (C=O) groups is 1. The average molecular weight is 392 g/mol. The highest BCUT2D eigenvalue weighted by atomic mass is 32.2. The Labute approximate surface area is 158 Å². The highest BCUT2D eigenvalue weighted by molar-refractivity contribution is 7.92. The summed E-state index contributed by atoms with van der Waals surface area (Å²) >= 11 is 0. The summed E-state index contributed by atoms with van der Waals surface area (Å²) in [4.78, 5) is 11.7. The Morgan fingerprint density at radius 2 is 1.85 bits per heavy atom. The largest absolute Gasteiger partial charge is 0.492 e. The maximum atomic E-state index is 13.0. The van der Waals surface area contributed by atoms with Crippen LogP contribution in [0, 0.1) is 5.82 Å². The first-order chi connectivity index (χ1) is 12.9. The van der Waals surface area contributed by atoms with E-state index in [1.807, 2.05) is 18.2 Å². The maximum Gasteiger partial charge on any atom is 0.233 e. The summed E-state index contributed by atoms with van der Waals surface area (Å²) in [7, 11) is -3.61. The van der Waals surface area contributed by atoms with Crippen LogP contribution in [0.3, 0.4) is 0 Å². The van der Waals surface area contributed by atoms with Gasteiger partial charge in [-0.3, -0.25) is 4.79 Å². The third kappa shape index (κ3) is 8.48. The molecule has 0 fully saturated rings. The van der Waals surface area contributed by atoms with E-state index in [4.69, 9.17) is 4.74 Å². The lowest BCUT2D eigenvalue weighted by molar-refractivity contribution is -0.121. The van der Waals surface area contributed by atoms with E-state index in [-0.39, 0.29) is 32.0 Å². The van der Waals surface area contributed by atoms with Crippen molar-refractivity contribution in [3.63, 3.8) is 0 Å². The number of halogens is 1. The molecule has 0 radical (unpaired) electrons. The molecule has 6 nitrogen and oxygen atoms in total. The second-order valence-electron chi connectivity index (χ2n) is 5.56. The molecule has 0 bridgehead atoms. The molecule has 0 unspecified atom stereocenters. The summed E-state index contributed by atoms with van der Waals surface area (Å²) in [6, 6.07) is 14.7. The average Bonchev–Trinajstić information content (AvgIpc) is 2.64. The van der Waals surface area contributed by atoms with Crippen molar-refractivity contribution in [2.75, 3.05) is 19.7 Å². The Hall–Kier alpha value is -2.71. The maximum absolute atomic E-state index is 13.0. The van der Waals surface area contributed by atoms with Crippen LogP contribution < -0.4 is 14.8 Å². The van der Waals surface area contributed by atoms with Crippen molar-refractivity contribution in [1.82, 2.24) is 10.0 Å². The minimum Gasteiger partial charge on any atom is -0.492 e. The standard InChI is InChI=1S/C19H21FN2O4S/c20-17-7-4-8-18(15-17)26-13-12-21-19(23)9-11-22-27(24,25)14-10-16-5-2-1-3-6-16/h1-8,10,14-15,22H,9,11-13H2,(H,21,23)/b14-10+. The van der Waals surface area contributed by atoms with Gasteiger partial charge in [0.25, 0.3) is 0 Å². The van der Waals surface area contributed by atoms with E-state index in [0.717, 1.165) is 11.0 Å². The van der Waals surface area contributed by atoms with Gasteiger partial charge in [-0.1, -0.05) is 36.4 Å². The molecule has 27 heavy (non-hydrogen) atoms. The molecule has 144 valence electrons. The zero-order valence-electron chi connectivity index (χ0n) is 14.6. The van der Waals surface area contributed by atoms with E-state index in [9.17, 15) is 17.6 Å². The Morgan fingerprint density at radius 3 is 2.59 bits per heavy atom. The van der Waals surface area contributed by atoms with Crippen LogP contribution >= 0.6 is 0 Å². The van der Waals surface area contributed by atoms with Crippen LogP contribution in [-0.4, -0.2) is 34.0 Å². The van der Waals surface area contributed by atoms with Gasteiger partial charge in [0.1, 0.15) is 18.2 Å². The molecule has 8 heteroatoms. The minimum atomic E-state index is -3.61. The van der Waals surface area contributed by atoms with Crippen molar-refractivity contribution in [2.45, 2.75) is 6.42 Å². The second-order valence-corrected chi connectivity index (χ2v) is 7.21. The summed E-state index contributed by atoms with van der Waals surface area (Å²) in [5.74, 6) is -0.333. The van der Waals surface area contributed by atoms with Crippen LogP contribution in [0.4, 0.5) is 4.39 Å². The molecular weight excluding hydrogens is 371 g/mol. The quantitative estimate of drug-likeness (QED) is 0.608. The van der Waals surface area contributed by atoms with Gasteiger partial charge in [0.15, 0.2) is 0 Å². The lowest BCUT2D eigenvalue weighted by Crippen LogP contribution is -2.32. The first kappa shape index (κ1) is 20.6. The van der Waals surface area contributed by atoms with Crippen LogP contribution in [0.1, 0.15) is 12.0 Å². The minimum absolute atomic E-state index is 0.00161. The van der Waals surface area contributed by atoms with Gasteiger partial charge in [0.05, 0.1) is 6.54 Å². The van der Waals surface area contributed by atoms with Crippen molar-refractivity contribution in [3.05, 3.63) is 71.4 Å². The fraction of sp³-hybridized carbons (Fsp3) is 0.211. The molecule has 0 saturated heterocycles. The molecule has 2 aromatic rings. The molecule has 2 aromatic carbocycles. The highest BCUT2D eigenvalue weighted by Crippen LogP contribution is 2.11. The Morgan fingerprint density at radius 1 is 1.07 bits per heavy atom. The molecule has 0 atom stereocenters. The summed E-state index contributed by atoms with van der Waals surface area (Å²) in [6.45, 7) is 0.398. The highest BCUT2D eigenvalue weighted by Gasteiger charge is 2.07. The van der Waals surface area contributed by atoms with E-state index in [1.165, 1.54) is 24.3 Å². The van der Waals surface area contributed by atoms with E-state index >= 15 is 0 Å². The van der Waals surface area contributed by atoms with Crippen LogP contribution in [0.5, 0.6) is 5.75 Å². The van der Waals surface area contributed by atoms with Crippen LogP contribution in [0.15, 0.2) is 60.0 Å². The molecule has 1 amide bonds. The van der Waals surface area contributed by atoms with Crippen LogP contribution in [-0.2, 0) is 14.8 Å². The molecule has 2 N–H and O–H groups in total. The van der Waals surface area contributed by atoms with Gasteiger partial charge in [-0.2, -0.15) is 0 Å². The predicted octanol–water partition coefficient (Wildman–Crippen LogP) is 2.30. The molecule has 0 spiro atoms. The number of sulfonamides is 1. The molecule has 2 rings (SSSR count). The Bertz CT molecular complexity index is 870. The molecular formula is C19H21FN2O4S. The number of nitrogens with one attached hydrogen (secondary N) is 2. The third-order valence-electron chi connectivity index (χ3n) is 3.38. The zero-order chi connectivity index (χ0) is 19.5. The van der Waals surface area contributed by atoms with Crippen molar-refractivity contribution < 1.29 is 22.3 Å². The van der Waals surface area contributed by atoms with Gasteiger partial charge in [-0.15, -0.1) is 0 Å². The fourth-order valence-corrected chi connectivity index (χ4v) is 2.91. The monoisotopic (exact) mass is 392 g/mol.